The molecule has 2 heteroatoms. The monoisotopic (exact) mass is 285 g/mol. The van der Waals surface area contributed by atoms with Gasteiger partial charge < -0.3 is 5.21 Å². The summed E-state index contributed by atoms with van der Waals surface area (Å²) in [5.74, 6) is 2.35. The highest BCUT2D eigenvalue weighted by Gasteiger charge is 2.57. The number of oxime groups is 1. The third kappa shape index (κ3) is 1.68. The van der Waals surface area contributed by atoms with Crippen molar-refractivity contribution in [3.8, 4) is 0 Å². The molecule has 0 unspecified atom stereocenters. The van der Waals surface area contributed by atoms with Gasteiger partial charge in [0.25, 0.3) is 0 Å². The number of rotatable bonds is 0. The number of hydrogen-bond donors (Lipinski definition) is 1. The van der Waals surface area contributed by atoms with Gasteiger partial charge in [0.1, 0.15) is 0 Å². The molecule has 0 aromatic carbocycles. The molecule has 2 saturated carbocycles. The maximum atomic E-state index is 9.37. The Hall–Kier alpha value is -1.05. The molecule has 21 heavy (non-hydrogen) atoms. The van der Waals surface area contributed by atoms with Gasteiger partial charge in [-0.25, -0.2) is 0 Å². The van der Waals surface area contributed by atoms with Crippen molar-refractivity contribution in [2.45, 2.75) is 58.8 Å². The van der Waals surface area contributed by atoms with Gasteiger partial charge in [0.15, 0.2) is 0 Å². The standard InChI is InChI=1S/C19H27NO/c1-18-11-4-3-5-13(18)6-7-14-15-8-9-17(20-21)19(15,2)12-10-16(14)18/h3,5-6,14-16,21H,4,7-12H2,1-2H3/t14-,15-,16-,18-,19-/m0/s1. The molecule has 0 spiro atoms. The van der Waals surface area contributed by atoms with E-state index in [4.69, 9.17) is 0 Å². The molecule has 114 valence electrons. The first-order valence-corrected chi connectivity index (χ1v) is 8.68. The normalized spacial score (nSPS) is 50.3. The van der Waals surface area contributed by atoms with E-state index in [1.807, 2.05) is 0 Å². The topological polar surface area (TPSA) is 32.6 Å². The Morgan fingerprint density at radius 1 is 1.14 bits per heavy atom. The highest BCUT2D eigenvalue weighted by Crippen LogP contribution is 2.63. The lowest BCUT2D eigenvalue weighted by atomic mass is 9.49. The van der Waals surface area contributed by atoms with Crippen LogP contribution in [0.5, 0.6) is 0 Å². The predicted octanol–water partition coefficient (Wildman–Crippen LogP) is 4.95. The number of nitrogens with zero attached hydrogens (tertiary/aromatic N) is 1. The first-order valence-electron chi connectivity index (χ1n) is 8.68. The van der Waals surface area contributed by atoms with E-state index in [1.54, 1.807) is 5.57 Å². The lowest BCUT2D eigenvalue weighted by molar-refractivity contribution is 0.00164. The van der Waals surface area contributed by atoms with Crippen LogP contribution in [0.1, 0.15) is 58.8 Å². The SMILES string of the molecule is C[C@]12CCC=CC1=CC[C@@H]1[C@@H]2CC[C@]2(C)C(=NO)CC[C@@H]12. The Kier molecular flexibility index (Phi) is 2.90. The number of allylic oxidation sites excluding steroid dienone is 4. The molecule has 0 saturated heterocycles. The molecule has 0 amide bonds. The number of hydrogen-bond acceptors (Lipinski definition) is 2. The maximum Gasteiger partial charge on any atom is 0.0632 e. The highest BCUT2D eigenvalue weighted by atomic mass is 16.4. The summed E-state index contributed by atoms with van der Waals surface area (Å²) in [6, 6.07) is 0. The van der Waals surface area contributed by atoms with Gasteiger partial charge in [0, 0.05) is 5.41 Å². The fourth-order valence-electron chi connectivity index (χ4n) is 6.25. The average molecular weight is 285 g/mol. The van der Waals surface area contributed by atoms with Crippen LogP contribution in [-0.4, -0.2) is 10.9 Å². The molecule has 5 atom stereocenters. The molecule has 4 aliphatic rings. The van der Waals surface area contributed by atoms with E-state index in [0.29, 0.717) is 5.41 Å². The van der Waals surface area contributed by atoms with E-state index < -0.39 is 0 Å². The molecule has 0 aromatic rings. The molecule has 0 aliphatic heterocycles. The van der Waals surface area contributed by atoms with Crippen molar-refractivity contribution in [3.63, 3.8) is 0 Å². The van der Waals surface area contributed by atoms with Crippen LogP contribution in [0.15, 0.2) is 29.0 Å². The van der Waals surface area contributed by atoms with Gasteiger partial charge in [0.2, 0.25) is 0 Å². The van der Waals surface area contributed by atoms with E-state index in [1.165, 1.54) is 38.5 Å². The molecular weight excluding hydrogens is 258 g/mol. The Morgan fingerprint density at radius 3 is 2.76 bits per heavy atom. The zero-order chi connectivity index (χ0) is 14.7. The molecule has 0 aromatic heterocycles. The van der Waals surface area contributed by atoms with E-state index in [2.05, 4.69) is 37.2 Å². The maximum absolute atomic E-state index is 9.37. The molecule has 2 fully saturated rings. The molecule has 4 aliphatic carbocycles. The largest absolute Gasteiger partial charge is 0.411 e. The van der Waals surface area contributed by atoms with Crippen LogP contribution in [0.2, 0.25) is 0 Å². The van der Waals surface area contributed by atoms with Gasteiger partial charge in [-0.2, -0.15) is 0 Å². The van der Waals surface area contributed by atoms with Crippen LogP contribution in [0.25, 0.3) is 0 Å². The zero-order valence-corrected chi connectivity index (χ0v) is 13.3. The summed E-state index contributed by atoms with van der Waals surface area (Å²) in [4.78, 5) is 0. The van der Waals surface area contributed by atoms with Gasteiger partial charge in [-0.05, 0) is 73.7 Å². The predicted molar refractivity (Wildman–Crippen MR) is 85.4 cm³/mol. The first-order chi connectivity index (χ1) is 10.1. The van der Waals surface area contributed by atoms with Crippen LogP contribution >= 0.6 is 0 Å². The Bertz CT molecular complexity index is 546. The number of fused-ring (bicyclic) bond motifs is 5. The molecule has 1 N–H and O–H groups in total. The highest BCUT2D eigenvalue weighted by molar-refractivity contribution is 5.92. The molecular formula is C19H27NO. The second kappa shape index (κ2) is 4.47. The van der Waals surface area contributed by atoms with Crippen molar-refractivity contribution in [1.29, 1.82) is 0 Å². The van der Waals surface area contributed by atoms with Crippen LogP contribution in [0.4, 0.5) is 0 Å². The van der Waals surface area contributed by atoms with Crippen LogP contribution in [-0.2, 0) is 0 Å². The molecule has 0 radical (unpaired) electrons. The van der Waals surface area contributed by atoms with Gasteiger partial charge in [-0.15, -0.1) is 0 Å². The zero-order valence-electron chi connectivity index (χ0n) is 13.3. The summed E-state index contributed by atoms with van der Waals surface area (Å²) in [7, 11) is 0. The van der Waals surface area contributed by atoms with Crippen molar-refractivity contribution in [1.82, 2.24) is 0 Å². The van der Waals surface area contributed by atoms with E-state index in [-0.39, 0.29) is 5.41 Å². The third-order valence-electron chi connectivity index (χ3n) is 7.51. The second-order valence-corrected chi connectivity index (χ2v) is 8.17. The molecule has 0 heterocycles. The Labute approximate surface area is 128 Å². The van der Waals surface area contributed by atoms with Gasteiger partial charge >= 0.3 is 0 Å². The minimum absolute atomic E-state index is 0.169. The Balaban J connectivity index is 1.73. The molecule has 0 bridgehead atoms. The summed E-state index contributed by atoms with van der Waals surface area (Å²) in [6.07, 6.45) is 15.8. The molecule has 2 nitrogen and oxygen atoms in total. The van der Waals surface area contributed by atoms with E-state index in [9.17, 15) is 5.21 Å². The minimum atomic E-state index is 0.169. The van der Waals surface area contributed by atoms with Gasteiger partial charge in [0.05, 0.1) is 5.71 Å². The van der Waals surface area contributed by atoms with Crippen molar-refractivity contribution >= 4 is 5.71 Å². The van der Waals surface area contributed by atoms with Gasteiger partial charge in [-0.3, -0.25) is 0 Å². The first kappa shape index (κ1) is 13.6. The Morgan fingerprint density at radius 2 is 1.95 bits per heavy atom. The van der Waals surface area contributed by atoms with Crippen molar-refractivity contribution in [2.75, 3.05) is 0 Å². The smallest absolute Gasteiger partial charge is 0.0632 e. The van der Waals surface area contributed by atoms with Crippen molar-refractivity contribution < 1.29 is 5.21 Å². The molecule has 4 rings (SSSR count). The second-order valence-electron chi connectivity index (χ2n) is 8.17. The van der Waals surface area contributed by atoms with E-state index >= 15 is 0 Å². The van der Waals surface area contributed by atoms with Crippen molar-refractivity contribution in [2.24, 2.45) is 33.7 Å². The average Bonchev–Trinajstić information content (AvgIpc) is 2.83. The lowest BCUT2D eigenvalue weighted by Crippen LogP contribution is -2.49. The summed E-state index contributed by atoms with van der Waals surface area (Å²) in [5, 5.41) is 13.0. The third-order valence-corrected chi connectivity index (χ3v) is 7.51. The van der Waals surface area contributed by atoms with Crippen molar-refractivity contribution in [3.05, 3.63) is 23.8 Å². The summed E-state index contributed by atoms with van der Waals surface area (Å²) >= 11 is 0. The fourth-order valence-corrected chi connectivity index (χ4v) is 6.25. The van der Waals surface area contributed by atoms with Crippen LogP contribution in [0, 0.1) is 28.6 Å². The fraction of sp³-hybridized carbons (Fsp3) is 0.737. The summed E-state index contributed by atoms with van der Waals surface area (Å²) in [6.45, 7) is 4.87. The van der Waals surface area contributed by atoms with Crippen LogP contribution < -0.4 is 0 Å². The lowest BCUT2D eigenvalue weighted by Gasteiger charge is -2.55. The van der Waals surface area contributed by atoms with Crippen LogP contribution in [0.3, 0.4) is 0 Å². The minimum Gasteiger partial charge on any atom is -0.411 e. The summed E-state index contributed by atoms with van der Waals surface area (Å²) in [5.41, 5.74) is 3.25. The van der Waals surface area contributed by atoms with E-state index in [0.717, 1.165) is 29.9 Å². The quantitative estimate of drug-likeness (QED) is 0.496. The summed E-state index contributed by atoms with van der Waals surface area (Å²) < 4.78 is 0. The van der Waals surface area contributed by atoms with Gasteiger partial charge in [-0.1, -0.05) is 37.2 Å².